The molecule has 7 nitrogen and oxygen atoms in total. The van der Waals surface area contributed by atoms with E-state index in [2.05, 4.69) is 26.7 Å². The molecule has 29 heavy (non-hydrogen) atoms. The summed E-state index contributed by atoms with van der Waals surface area (Å²) in [7, 11) is 0. The van der Waals surface area contributed by atoms with Crippen LogP contribution in [0, 0.1) is 11.5 Å². The maximum absolute atomic E-state index is 10.8. The summed E-state index contributed by atoms with van der Waals surface area (Å²) in [5.41, 5.74) is 3.82. The summed E-state index contributed by atoms with van der Waals surface area (Å²) in [5, 5.41) is 24.0. The van der Waals surface area contributed by atoms with Gasteiger partial charge in [-0.25, -0.2) is 0 Å². The Morgan fingerprint density at radius 3 is 2.69 bits per heavy atom. The van der Waals surface area contributed by atoms with E-state index in [0.29, 0.717) is 24.8 Å². The van der Waals surface area contributed by atoms with Crippen molar-refractivity contribution in [3.8, 4) is 6.19 Å². The molecule has 1 aliphatic rings. The van der Waals surface area contributed by atoms with Crippen molar-refractivity contribution in [1.29, 1.82) is 5.26 Å². The fourth-order valence-electron chi connectivity index (χ4n) is 2.86. The van der Waals surface area contributed by atoms with E-state index in [1.807, 2.05) is 42.6 Å². The van der Waals surface area contributed by atoms with Crippen molar-refractivity contribution < 1.29 is 9.90 Å². The average molecular weight is 389 g/mol. The van der Waals surface area contributed by atoms with Gasteiger partial charge < -0.3 is 15.7 Å². The number of aliphatic carboxylic acids is 1. The number of unbranched alkanes of at least 4 members (excludes halogenated alkanes) is 1. The van der Waals surface area contributed by atoms with E-state index in [1.165, 1.54) is 0 Å². The van der Waals surface area contributed by atoms with Crippen molar-refractivity contribution in [3.05, 3.63) is 66.0 Å². The molecule has 0 aliphatic heterocycles. The highest BCUT2D eigenvalue weighted by molar-refractivity contribution is 5.94. The highest BCUT2D eigenvalue weighted by Gasteiger charge is 2.22. The van der Waals surface area contributed by atoms with Crippen molar-refractivity contribution in [2.45, 2.75) is 38.1 Å². The van der Waals surface area contributed by atoms with Crippen molar-refractivity contribution in [2.24, 2.45) is 4.99 Å². The highest BCUT2D eigenvalue weighted by Crippen LogP contribution is 2.25. The molecule has 1 saturated carbocycles. The Balaban J connectivity index is 1.75. The van der Waals surface area contributed by atoms with Crippen molar-refractivity contribution in [1.82, 2.24) is 10.3 Å². The maximum Gasteiger partial charge on any atom is 0.303 e. The van der Waals surface area contributed by atoms with E-state index >= 15 is 0 Å². The second-order valence-electron chi connectivity index (χ2n) is 6.83. The number of aromatic nitrogens is 1. The second-order valence-corrected chi connectivity index (χ2v) is 6.83. The van der Waals surface area contributed by atoms with E-state index in [9.17, 15) is 4.79 Å². The minimum absolute atomic E-state index is 0.147. The zero-order valence-corrected chi connectivity index (χ0v) is 16.0. The van der Waals surface area contributed by atoms with Crippen LogP contribution in [-0.4, -0.2) is 28.1 Å². The normalized spacial score (nSPS) is 14.2. The number of hydrogen-bond acceptors (Lipinski definition) is 4. The number of aliphatic imine (C=N–C) groups is 1. The fraction of sp³-hybridized carbons (Fsp3) is 0.273. The lowest BCUT2D eigenvalue weighted by molar-refractivity contribution is -0.137. The lowest BCUT2D eigenvalue weighted by Gasteiger charge is -2.12. The number of nitrogens with one attached hydrogen (secondary N) is 2. The van der Waals surface area contributed by atoms with E-state index < -0.39 is 5.97 Å². The number of carboxylic acid groups (broad SMARTS) is 1. The van der Waals surface area contributed by atoms with Gasteiger partial charge in [-0.1, -0.05) is 24.3 Å². The van der Waals surface area contributed by atoms with Crippen LogP contribution in [-0.2, 0) is 4.79 Å². The monoisotopic (exact) mass is 389 g/mol. The molecule has 0 unspecified atom stereocenters. The first-order valence-electron chi connectivity index (χ1n) is 9.59. The second kappa shape index (κ2) is 10.0. The molecular weight excluding hydrogens is 366 g/mol. The molecule has 0 bridgehead atoms. The molecule has 0 spiro atoms. The Morgan fingerprint density at radius 2 is 2.07 bits per heavy atom. The van der Waals surface area contributed by atoms with Crippen LogP contribution in [0.15, 0.2) is 59.9 Å². The quantitative estimate of drug-likeness (QED) is 0.274. The number of allylic oxidation sites excluding steroid dienone is 1. The van der Waals surface area contributed by atoms with Gasteiger partial charge in [-0.3, -0.25) is 9.78 Å². The van der Waals surface area contributed by atoms with E-state index in [0.717, 1.165) is 35.2 Å². The molecular formula is C22H23N5O2. The van der Waals surface area contributed by atoms with Gasteiger partial charge in [0.1, 0.15) is 0 Å². The van der Waals surface area contributed by atoms with Crippen molar-refractivity contribution >= 4 is 23.2 Å². The zero-order valence-electron chi connectivity index (χ0n) is 16.0. The molecule has 3 rings (SSSR count). The Kier molecular flexibility index (Phi) is 6.95. The van der Waals surface area contributed by atoms with Crippen molar-refractivity contribution in [2.75, 3.05) is 5.32 Å². The molecule has 0 saturated heterocycles. The Bertz CT molecular complexity index is 926. The molecule has 0 atom stereocenters. The standard InChI is InChI=1S/C22H23N5O2/c23-15-25-22(27-19-11-12-19)26-18-9-7-16(8-10-18)20(5-1-2-6-21(28)29)17-4-3-13-24-14-17/h3-5,7-10,13-14,19H,1-2,6,11-12H2,(H,28,29)(H2,25,26,27)/b20-5+. The first-order chi connectivity index (χ1) is 14.2. The van der Waals surface area contributed by atoms with Gasteiger partial charge in [0.25, 0.3) is 0 Å². The summed E-state index contributed by atoms with van der Waals surface area (Å²) in [6.45, 7) is 0. The summed E-state index contributed by atoms with van der Waals surface area (Å²) in [6, 6.07) is 12.1. The van der Waals surface area contributed by atoms with Gasteiger partial charge >= 0.3 is 5.97 Å². The lowest BCUT2D eigenvalue weighted by Crippen LogP contribution is -2.32. The summed E-state index contributed by atoms with van der Waals surface area (Å²) >= 11 is 0. The predicted molar refractivity (Wildman–Crippen MR) is 112 cm³/mol. The van der Waals surface area contributed by atoms with E-state index in [-0.39, 0.29) is 6.42 Å². The number of anilines is 1. The van der Waals surface area contributed by atoms with Crippen LogP contribution >= 0.6 is 0 Å². The lowest BCUT2D eigenvalue weighted by atomic mass is 9.97. The summed E-state index contributed by atoms with van der Waals surface area (Å²) in [5.74, 6) is -0.328. The number of rotatable bonds is 8. The molecule has 1 aromatic carbocycles. The Morgan fingerprint density at radius 1 is 1.28 bits per heavy atom. The van der Waals surface area contributed by atoms with Crippen LogP contribution < -0.4 is 10.6 Å². The first kappa shape index (κ1) is 20.1. The van der Waals surface area contributed by atoms with Crippen LogP contribution in [0.2, 0.25) is 0 Å². The largest absolute Gasteiger partial charge is 0.481 e. The van der Waals surface area contributed by atoms with Gasteiger partial charge in [0.05, 0.1) is 0 Å². The van der Waals surface area contributed by atoms with Crippen LogP contribution in [0.3, 0.4) is 0 Å². The van der Waals surface area contributed by atoms with Gasteiger partial charge in [0.15, 0.2) is 0 Å². The summed E-state index contributed by atoms with van der Waals surface area (Å²) < 4.78 is 0. The van der Waals surface area contributed by atoms with Crippen LogP contribution in [0.1, 0.15) is 43.2 Å². The van der Waals surface area contributed by atoms with Gasteiger partial charge in [0, 0.05) is 36.1 Å². The fourth-order valence-corrected chi connectivity index (χ4v) is 2.86. The highest BCUT2D eigenvalue weighted by atomic mass is 16.4. The molecule has 0 amide bonds. The number of pyridine rings is 1. The number of nitriles is 1. The molecule has 2 aromatic rings. The van der Waals surface area contributed by atoms with Gasteiger partial charge in [-0.2, -0.15) is 5.26 Å². The zero-order chi connectivity index (χ0) is 20.5. The molecule has 1 aliphatic carbocycles. The van der Waals surface area contributed by atoms with E-state index in [1.54, 1.807) is 12.4 Å². The number of carbonyl (C=O) groups is 1. The Labute approximate surface area is 169 Å². The molecule has 1 fully saturated rings. The summed E-state index contributed by atoms with van der Waals surface area (Å²) in [6.07, 6.45) is 11.0. The summed E-state index contributed by atoms with van der Waals surface area (Å²) in [4.78, 5) is 18.8. The molecule has 148 valence electrons. The van der Waals surface area contributed by atoms with Gasteiger partial charge in [0.2, 0.25) is 12.2 Å². The molecule has 1 heterocycles. The van der Waals surface area contributed by atoms with Gasteiger partial charge in [-0.15, -0.1) is 4.99 Å². The number of nitrogens with zero attached hydrogens (tertiary/aromatic N) is 3. The molecule has 1 aromatic heterocycles. The first-order valence-corrected chi connectivity index (χ1v) is 9.59. The van der Waals surface area contributed by atoms with Crippen LogP contribution in [0.4, 0.5) is 5.69 Å². The molecule has 7 heteroatoms. The van der Waals surface area contributed by atoms with Crippen molar-refractivity contribution in [3.63, 3.8) is 0 Å². The predicted octanol–water partition coefficient (Wildman–Crippen LogP) is 3.77. The topological polar surface area (TPSA) is 110 Å². The number of hydrogen-bond donors (Lipinski definition) is 3. The smallest absolute Gasteiger partial charge is 0.303 e. The number of benzene rings is 1. The Hall–Kier alpha value is -3.66. The SMILES string of the molecule is N#C/N=C(\Nc1ccc(/C(=C\CCCC(=O)O)c2cccnc2)cc1)NC1CC1. The molecule has 3 N–H and O–H groups in total. The maximum atomic E-state index is 10.8. The third-order valence-corrected chi connectivity index (χ3v) is 4.45. The third-order valence-electron chi connectivity index (χ3n) is 4.45. The van der Waals surface area contributed by atoms with E-state index in [4.69, 9.17) is 10.4 Å². The number of guanidine groups is 1. The minimum Gasteiger partial charge on any atom is -0.481 e. The van der Waals surface area contributed by atoms with Crippen LogP contribution in [0.5, 0.6) is 0 Å². The minimum atomic E-state index is -0.786. The van der Waals surface area contributed by atoms with Gasteiger partial charge in [-0.05, 0) is 55.0 Å². The average Bonchev–Trinajstić information content (AvgIpc) is 3.53. The van der Waals surface area contributed by atoms with Crippen LogP contribution in [0.25, 0.3) is 5.57 Å². The number of carboxylic acids is 1. The third kappa shape index (κ3) is 6.47. The molecule has 0 radical (unpaired) electrons.